The number of amides is 2. The molecule has 1 aliphatic heterocycles. The molecule has 0 aliphatic carbocycles. The van der Waals surface area contributed by atoms with Gasteiger partial charge in [0.15, 0.2) is 6.61 Å². The predicted molar refractivity (Wildman–Crippen MR) is 85.2 cm³/mol. The molecule has 2 amide bonds. The molecule has 1 saturated heterocycles. The Morgan fingerprint density at radius 3 is 2.57 bits per heavy atom. The average Bonchev–Trinajstić information content (AvgIpc) is 2.53. The molecule has 0 aromatic heterocycles. The molecule has 1 N–H and O–H groups in total. The Hall–Kier alpha value is -2.28. The predicted octanol–water partition coefficient (Wildman–Crippen LogP) is 1.64. The molecule has 1 fully saturated rings. The standard InChI is InChI=1S/C16H23N3O4/c1-18(2)15(20)12-22-13-7-6-8-14(11-13)23-16(21)17-19-9-4-3-5-10-19/h6-8,11H,3-5,9-10,12H2,1-2H3,(H,17,21). The van der Waals surface area contributed by atoms with E-state index in [1.807, 2.05) is 5.01 Å². The molecule has 0 saturated carbocycles. The lowest BCUT2D eigenvalue weighted by atomic mass is 10.2. The molecule has 0 bridgehead atoms. The van der Waals surface area contributed by atoms with Gasteiger partial charge in [-0.1, -0.05) is 12.5 Å². The van der Waals surface area contributed by atoms with Crippen LogP contribution in [0.15, 0.2) is 24.3 Å². The minimum Gasteiger partial charge on any atom is -0.484 e. The van der Waals surface area contributed by atoms with Crippen LogP contribution in [0.25, 0.3) is 0 Å². The fourth-order valence-electron chi connectivity index (χ4n) is 2.17. The summed E-state index contributed by atoms with van der Waals surface area (Å²) < 4.78 is 10.6. The number of carbonyl (C=O) groups excluding carboxylic acids is 2. The van der Waals surface area contributed by atoms with E-state index in [-0.39, 0.29) is 12.5 Å². The minimum atomic E-state index is -0.520. The van der Waals surface area contributed by atoms with Crippen molar-refractivity contribution in [3.8, 4) is 11.5 Å². The Morgan fingerprint density at radius 1 is 1.17 bits per heavy atom. The molecular formula is C16H23N3O4. The number of benzene rings is 1. The molecule has 2 rings (SSSR count). The summed E-state index contributed by atoms with van der Waals surface area (Å²) >= 11 is 0. The summed E-state index contributed by atoms with van der Waals surface area (Å²) in [6, 6.07) is 6.66. The van der Waals surface area contributed by atoms with Crippen LogP contribution in [-0.4, -0.2) is 55.7 Å². The summed E-state index contributed by atoms with van der Waals surface area (Å²) in [4.78, 5) is 24.8. The fourth-order valence-corrected chi connectivity index (χ4v) is 2.17. The van der Waals surface area contributed by atoms with Gasteiger partial charge in [-0.2, -0.15) is 0 Å². The van der Waals surface area contributed by atoms with Crippen LogP contribution in [0.4, 0.5) is 4.79 Å². The molecule has 0 spiro atoms. The molecule has 1 aliphatic rings. The van der Waals surface area contributed by atoms with Crippen LogP contribution in [0.3, 0.4) is 0 Å². The second-order valence-electron chi connectivity index (χ2n) is 5.60. The van der Waals surface area contributed by atoms with Gasteiger partial charge in [-0.05, 0) is 25.0 Å². The van der Waals surface area contributed by atoms with Crippen molar-refractivity contribution in [3.05, 3.63) is 24.3 Å². The van der Waals surface area contributed by atoms with Crippen molar-refractivity contribution < 1.29 is 19.1 Å². The molecule has 1 aromatic rings. The highest BCUT2D eigenvalue weighted by Crippen LogP contribution is 2.19. The number of rotatable bonds is 5. The third-order valence-corrected chi connectivity index (χ3v) is 3.48. The summed E-state index contributed by atoms with van der Waals surface area (Å²) in [6.07, 6.45) is 2.82. The van der Waals surface area contributed by atoms with E-state index >= 15 is 0 Å². The number of carbonyl (C=O) groups is 2. The first-order chi connectivity index (χ1) is 11.0. The van der Waals surface area contributed by atoms with Crippen molar-refractivity contribution in [2.45, 2.75) is 19.3 Å². The largest absolute Gasteiger partial charge is 0.484 e. The van der Waals surface area contributed by atoms with Gasteiger partial charge < -0.3 is 14.4 Å². The van der Waals surface area contributed by atoms with Gasteiger partial charge in [0.05, 0.1) is 0 Å². The summed E-state index contributed by atoms with van der Waals surface area (Å²) in [5.74, 6) is 0.706. The molecule has 1 heterocycles. The van der Waals surface area contributed by atoms with Crippen molar-refractivity contribution in [3.63, 3.8) is 0 Å². The highest BCUT2D eigenvalue weighted by Gasteiger charge is 2.14. The van der Waals surface area contributed by atoms with Gasteiger partial charge in [0.25, 0.3) is 5.91 Å². The van der Waals surface area contributed by atoms with Crippen molar-refractivity contribution in [1.82, 2.24) is 15.3 Å². The zero-order valence-electron chi connectivity index (χ0n) is 13.6. The third kappa shape index (κ3) is 5.78. The lowest BCUT2D eigenvalue weighted by Crippen LogP contribution is -2.46. The van der Waals surface area contributed by atoms with Gasteiger partial charge >= 0.3 is 6.09 Å². The van der Waals surface area contributed by atoms with Crippen molar-refractivity contribution >= 4 is 12.0 Å². The first-order valence-electron chi connectivity index (χ1n) is 7.71. The van der Waals surface area contributed by atoms with Gasteiger partial charge in [-0.15, -0.1) is 0 Å². The van der Waals surface area contributed by atoms with E-state index in [1.54, 1.807) is 38.4 Å². The number of hydrazine groups is 1. The summed E-state index contributed by atoms with van der Waals surface area (Å²) in [5, 5.41) is 1.86. The van der Waals surface area contributed by atoms with E-state index in [2.05, 4.69) is 5.43 Å². The first-order valence-corrected chi connectivity index (χ1v) is 7.71. The SMILES string of the molecule is CN(C)C(=O)COc1cccc(OC(=O)NN2CCCCC2)c1. The zero-order valence-corrected chi connectivity index (χ0v) is 13.6. The minimum absolute atomic E-state index is 0.0591. The first kappa shape index (κ1) is 17.1. The fraction of sp³-hybridized carbons (Fsp3) is 0.500. The van der Waals surface area contributed by atoms with Crippen molar-refractivity contribution in [2.75, 3.05) is 33.8 Å². The van der Waals surface area contributed by atoms with Crippen LogP contribution in [0, 0.1) is 0 Å². The summed E-state index contributed by atoms with van der Waals surface area (Å²) in [7, 11) is 3.33. The number of nitrogens with zero attached hydrogens (tertiary/aromatic N) is 2. The normalized spacial score (nSPS) is 14.9. The van der Waals surface area contributed by atoms with Crippen LogP contribution in [0.1, 0.15) is 19.3 Å². The molecule has 7 heteroatoms. The van der Waals surface area contributed by atoms with Crippen LogP contribution in [0.5, 0.6) is 11.5 Å². The maximum absolute atomic E-state index is 11.9. The topological polar surface area (TPSA) is 71.1 Å². The van der Waals surface area contributed by atoms with E-state index in [1.165, 1.54) is 11.3 Å². The Morgan fingerprint density at radius 2 is 1.87 bits per heavy atom. The second kappa shape index (κ2) is 8.38. The Labute approximate surface area is 136 Å². The quantitative estimate of drug-likeness (QED) is 0.893. The molecule has 23 heavy (non-hydrogen) atoms. The maximum Gasteiger partial charge on any atom is 0.427 e. The third-order valence-electron chi connectivity index (χ3n) is 3.48. The van der Waals surface area contributed by atoms with Crippen LogP contribution in [-0.2, 0) is 4.79 Å². The van der Waals surface area contributed by atoms with Gasteiger partial charge in [-0.3, -0.25) is 10.2 Å². The Bertz CT molecular complexity index is 542. The Balaban J connectivity index is 1.84. The molecule has 0 atom stereocenters. The number of nitrogens with one attached hydrogen (secondary N) is 1. The number of piperidine rings is 1. The molecule has 1 aromatic carbocycles. The van der Waals surface area contributed by atoms with Gasteiger partial charge in [0, 0.05) is 33.3 Å². The molecule has 0 radical (unpaired) electrons. The number of likely N-dealkylation sites (N-methyl/N-ethyl adjacent to an activating group) is 1. The highest BCUT2D eigenvalue weighted by atomic mass is 16.6. The number of hydrogen-bond donors (Lipinski definition) is 1. The Kier molecular flexibility index (Phi) is 6.22. The van der Waals surface area contributed by atoms with Crippen molar-refractivity contribution in [1.29, 1.82) is 0 Å². The van der Waals surface area contributed by atoms with E-state index < -0.39 is 6.09 Å². The molecule has 126 valence electrons. The van der Waals surface area contributed by atoms with Gasteiger partial charge in [0.2, 0.25) is 0 Å². The molecule has 0 unspecified atom stereocenters. The van der Waals surface area contributed by atoms with E-state index in [4.69, 9.17) is 9.47 Å². The molecule has 7 nitrogen and oxygen atoms in total. The number of hydrogen-bond acceptors (Lipinski definition) is 5. The average molecular weight is 321 g/mol. The molecular weight excluding hydrogens is 298 g/mol. The zero-order chi connectivity index (χ0) is 16.7. The van der Waals surface area contributed by atoms with Gasteiger partial charge in [0.1, 0.15) is 11.5 Å². The van der Waals surface area contributed by atoms with E-state index in [0.717, 1.165) is 25.9 Å². The second-order valence-corrected chi connectivity index (χ2v) is 5.60. The van der Waals surface area contributed by atoms with E-state index in [9.17, 15) is 9.59 Å². The lowest BCUT2D eigenvalue weighted by Gasteiger charge is -2.26. The van der Waals surface area contributed by atoms with E-state index in [0.29, 0.717) is 11.5 Å². The maximum atomic E-state index is 11.9. The summed E-state index contributed by atoms with van der Waals surface area (Å²) in [5.41, 5.74) is 2.72. The smallest absolute Gasteiger partial charge is 0.427 e. The number of ether oxygens (including phenoxy) is 2. The lowest BCUT2D eigenvalue weighted by molar-refractivity contribution is -0.130. The van der Waals surface area contributed by atoms with Crippen LogP contribution >= 0.6 is 0 Å². The monoisotopic (exact) mass is 321 g/mol. The van der Waals surface area contributed by atoms with Gasteiger partial charge in [-0.25, -0.2) is 9.80 Å². The summed E-state index contributed by atoms with van der Waals surface area (Å²) in [6.45, 7) is 1.62. The van der Waals surface area contributed by atoms with Crippen LogP contribution < -0.4 is 14.9 Å². The highest BCUT2D eigenvalue weighted by molar-refractivity contribution is 5.77. The van der Waals surface area contributed by atoms with Crippen LogP contribution in [0.2, 0.25) is 0 Å². The van der Waals surface area contributed by atoms with Crippen molar-refractivity contribution in [2.24, 2.45) is 0 Å².